The molecule has 0 aliphatic rings. The van der Waals surface area contributed by atoms with E-state index >= 15 is 0 Å². The summed E-state index contributed by atoms with van der Waals surface area (Å²) in [6.07, 6.45) is 68.7. The minimum Gasteiger partial charge on any atom is -0.756 e. The Morgan fingerprint density at radius 2 is 0.826 bits per heavy atom. The molecule has 0 aliphatic carbocycles. The summed E-state index contributed by atoms with van der Waals surface area (Å²) in [6, 6.07) is 0. The maximum atomic E-state index is 12.7. The summed E-state index contributed by atoms with van der Waals surface area (Å²) >= 11 is 0. The summed E-state index contributed by atoms with van der Waals surface area (Å²) in [7, 11) is 1.15. The number of esters is 2. The second-order valence-corrected chi connectivity index (χ2v) is 20.3. The number of quaternary nitrogens is 1. The molecular formula is C59H100NO8P. The molecule has 394 valence electrons. The molecule has 0 N–H and O–H groups in total. The van der Waals surface area contributed by atoms with Gasteiger partial charge in [0.2, 0.25) is 0 Å². The van der Waals surface area contributed by atoms with E-state index in [1.807, 2.05) is 21.1 Å². The molecule has 9 nitrogen and oxygen atoms in total. The van der Waals surface area contributed by atoms with Gasteiger partial charge in [0, 0.05) is 12.8 Å². The van der Waals surface area contributed by atoms with Crippen molar-refractivity contribution in [2.24, 2.45) is 0 Å². The van der Waals surface area contributed by atoms with Crippen LogP contribution < -0.4 is 4.89 Å². The van der Waals surface area contributed by atoms with Crippen molar-refractivity contribution in [3.05, 3.63) is 109 Å². The number of hydrogen-bond donors (Lipinski definition) is 0. The summed E-state index contributed by atoms with van der Waals surface area (Å²) in [5.74, 6) is -0.851. The Morgan fingerprint density at radius 1 is 0.464 bits per heavy atom. The smallest absolute Gasteiger partial charge is 0.306 e. The first-order valence-corrected chi connectivity index (χ1v) is 28.6. The van der Waals surface area contributed by atoms with Crippen molar-refractivity contribution in [3.63, 3.8) is 0 Å². The van der Waals surface area contributed by atoms with Gasteiger partial charge >= 0.3 is 11.9 Å². The van der Waals surface area contributed by atoms with Gasteiger partial charge in [-0.05, 0) is 83.5 Å². The zero-order valence-electron chi connectivity index (χ0n) is 44.5. The van der Waals surface area contributed by atoms with Gasteiger partial charge in [0.1, 0.15) is 19.8 Å². The highest BCUT2D eigenvalue weighted by Crippen LogP contribution is 2.38. The molecule has 0 saturated carbocycles. The number of allylic oxidation sites excluding steroid dienone is 18. The van der Waals surface area contributed by atoms with Crippen LogP contribution in [0, 0.1) is 0 Å². The van der Waals surface area contributed by atoms with Gasteiger partial charge in [0.15, 0.2) is 6.10 Å². The normalized spacial score (nSPS) is 14.2. The van der Waals surface area contributed by atoms with Crippen LogP contribution in [0.15, 0.2) is 109 Å². The summed E-state index contributed by atoms with van der Waals surface area (Å²) in [4.78, 5) is 37.5. The van der Waals surface area contributed by atoms with Crippen LogP contribution in [0.3, 0.4) is 0 Å². The van der Waals surface area contributed by atoms with E-state index in [1.165, 1.54) is 64.2 Å². The molecule has 0 aromatic carbocycles. The molecule has 0 amide bonds. The second-order valence-electron chi connectivity index (χ2n) is 18.9. The van der Waals surface area contributed by atoms with E-state index in [0.717, 1.165) is 103 Å². The summed E-state index contributed by atoms with van der Waals surface area (Å²) < 4.78 is 33.9. The van der Waals surface area contributed by atoms with Gasteiger partial charge in [-0.25, -0.2) is 0 Å². The molecule has 2 unspecified atom stereocenters. The van der Waals surface area contributed by atoms with E-state index in [9.17, 15) is 19.0 Å². The Balaban J connectivity index is 4.06. The Morgan fingerprint density at radius 3 is 1.23 bits per heavy atom. The highest BCUT2D eigenvalue weighted by molar-refractivity contribution is 7.45. The fraction of sp³-hybridized carbons (Fsp3) is 0.661. The predicted molar refractivity (Wildman–Crippen MR) is 291 cm³/mol. The highest BCUT2D eigenvalue weighted by atomic mass is 31.2. The van der Waals surface area contributed by atoms with Crippen LogP contribution in [0.4, 0.5) is 0 Å². The van der Waals surface area contributed by atoms with Gasteiger partial charge in [-0.1, -0.05) is 213 Å². The molecule has 0 aliphatic heterocycles. The number of likely N-dealkylation sites (N-methyl/N-ethyl adjacent to an activating group) is 1. The standard InChI is InChI=1S/C59H100NO8P/c1-6-8-10-12-14-16-17-18-19-20-21-22-23-24-25-26-27-28-29-30-31-32-33-34-35-36-37-38-39-40-41-42-43-44-46-48-50-52-59(62)68-57(56-67-69(63,64)66-54-53-60(3,4)5)55-65-58(61)51-49-47-45-15-13-11-9-7-2/h8,10,14,16,18-19,21-22,24-25,27-28,30-31,33-34,36-37,57H,6-7,9,11-13,15,17,20,23,26,29,32,35,38-56H2,1-5H3/b10-8-,16-14-,19-18-,22-21-,25-24-,28-27-,31-30-,34-33-,37-36-. The highest BCUT2D eigenvalue weighted by Gasteiger charge is 2.21. The van der Waals surface area contributed by atoms with Crippen molar-refractivity contribution >= 4 is 19.8 Å². The molecule has 10 heteroatoms. The maximum absolute atomic E-state index is 12.7. The molecule has 0 aromatic rings. The van der Waals surface area contributed by atoms with Crippen LogP contribution in [0.25, 0.3) is 0 Å². The number of carbonyl (C=O) groups excluding carboxylic acids is 2. The average molecular weight is 982 g/mol. The first-order chi connectivity index (χ1) is 33.5. The number of phosphoric ester groups is 1. The lowest BCUT2D eigenvalue weighted by atomic mass is 10.1. The van der Waals surface area contributed by atoms with E-state index in [0.29, 0.717) is 17.4 Å². The fourth-order valence-electron chi connectivity index (χ4n) is 6.88. The molecule has 0 saturated heterocycles. The van der Waals surface area contributed by atoms with Crippen molar-refractivity contribution in [1.82, 2.24) is 0 Å². The Labute approximate surface area is 423 Å². The van der Waals surface area contributed by atoms with E-state index in [2.05, 4.69) is 123 Å². The molecule has 69 heavy (non-hydrogen) atoms. The lowest BCUT2D eigenvalue weighted by Crippen LogP contribution is -2.37. The third kappa shape index (κ3) is 53.9. The minimum atomic E-state index is -4.63. The summed E-state index contributed by atoms with van der Waals surface area (Å²) in [5.41, 5.74) is 0. The van der Waals surface area contributed by atoms with Gasteiger partial charge in [-0.3, -0.25) is 14.2 Å². The first kappa shape index (κ1) is 65.7. The number of rotatable bonds is 48. The Hall–Kier alpha value is -3.33. The largest absolute Gasteiger partial charge is 0.756 e. The predicted octanol–water partition coefficient (Wildman–Crippen LogP) is 16.0. The first-order valence-electron chi connectivity index (χ1n) is 27.1. The lowest BCUT2D eigenvalue weighted by molar-refractivity contribution is -0.870. The van der Waals surface area contributed by atoms with Gasteiger partial charge in [0.05, 0.1) is 27.7 Å². The quantitative estimate of drug-likeness (QED) is 0.0195. The number of nitrogens with zero attached hydrogens (tertiary/aromatic N) is 1. The van der Waals surface area contributed by atoms with Crippen molar-refractivity contribution in [3.8, 4) is 0 Å². The summed E-state index contributed by atoms with van der Waals surface area (Å²) in [5, 5.41) is 0. The maximum Gasteiger partial charge on any atom is 0.306 e. The molecule has 0 spiro atoms. The van der Waals surface area contributed by atoms with Crippen molar-refractivity contribution in [1.29, 1.82) is 0 Å². The number of ether oxygens (including phenoxy) is 2. The molecule has 2 atom stereocenters. The van der Waals surface area contributed by atoms with Crippen molar-refractivity contribution in [2.75, 3.05) is 47.5 Å². The zero-order chi connectivity index (χ0) is 50.6. The Bertz CT molecular complexity index is 1530. The number of phosphoric acid groups is 1. The van der Waals surface area contributed by atoms with Crippen molar-refractivity contribution < 1.29 is 42.1 Å². The molecule has 0 aromatic heterocycles. The molecule has 0 bridgehead atoms. The van der Waals surface area contributed by atoms with Crippen LogP contribution in [0.2, 0.25) is 0 Å². The van der Waals surface area contributed by atoms with E-state index < -0.39 is 32.5 Å². The Kier molecular flexibility index (Phi) is 47.2. The monoisotopic (exact) mass is 982 g/mol. The second kappa shape index (κ2) is 49.6. The SMILES string of the molecule is CC/C=C\C/C=C\C/C=C\C/C=C\C/C=C\C/C=C\C/C=C\C/C=C\C/C=C\CCCCCCCCCCCC(=O)OC(COC(=O)CCCCCCCCCC)COP(=O)([O-])OCC[N+](C)(C)C. The molecule has 0 fully saturated rings. The van der Waals surface area contributed by atoms with Gasteiger partial charge in [0.25, 0.3) is 7.82 Å². The minimum absolute atomic E-state index is 0.0360. The third-order valence-electron chi connectivity index (χ3n) is 11.1. The molecule has 0 radical (unpaired) electrons. The van der Waals surface area contributed by atoms with E-state index in [1.54, 1.807) is 0 Å². The number of carbonyl (C=O) groups is 2. The van der Waals surface area contributed by atoms with Crippen LogP contribution in [-0.4, -0.2) is 70.0 Å². The number of hydrogen-bond acceptors (Lipinski definition) is 8. The van der Waals surface area contributed by atoms with Crippen LogP contribution in [0.5, 0.6) is 0 Å². The molecule has 0 heterocycles. The van der Waals surface area contributed by atoms with Gasteiger partial charge < -0.3 is 27.9 Å². The average Bonchev–Trinajstić information content (AvgIpc) is 3.31. The van der Waals surface area contributed by atoms with Crippen LogP contribution in [0.1, 0.15) is 200 Å². The fourth-order valence-corrected chi connectivity index (χ4v) is 7.61. The van der Waals surface area contributed by atoms with Gasteiger partial charge in [-0.15, -0.1) is 0 Å². The van der Waals surface area contributed by atoms with E-state index in [-0.39, 0.29) is 26.1 Å². The van der Waals surface area contributed by atoms with Crippen molar-refractivity contribution in [2.45, 2.75) is 206 Å². The van der Waals surface area contributed by atoms with Crippen LogP contribution in [-0.2, 0) is 32.7 Å². The van der Waals surface area contributed by atoms with E-state index in [4.69, 9.17) is 18.5 Å². The van der Waals surface area contributed by atoms with Gasteiger partial charge in [-0.2, -0.15) is 0 Å². The number of unbranched alkanes of at least 4 members (excludes halogenated alkanes) is 16. The zero-order valence-corrected chi connectivity index (χ0v) is 45.4. The lowest BCUT2D eigenvalue weighted by Gasteiger charge is -2.28. The van der Waals surface area contributed by atoms with Crippen LogP contribution >= 0.6 is 7.82 Å². The molecular weight excluding hydrogens is 882 g/mol. The molecule has 0 rings (SSSR count). The topological polar surface area (TPSA) is 111 Å². The summed E-state index contributed by atoms with van der Waals surface area (Å²) in [6.45, 7) is 4.06. The third-order valence-corrected chi connectivity index (χ3v) is 12.0.